The zero-order valence-electron chi connectivity index (χ0n) is 14.7. The van der Waals surface area contributed by atoms with Crippen molar-refractivity contribution in [3.63, 3.8) is 0 Å². The third kappa shape index (κ3) is 3.80. The van der Waals surface area contributed by atoms with Gasteiger partial charge in [0, 0.05) is 43.3 Å². The Morgan fingerprint density at radius 1 is 1.28 bits per heavy atom. The standard InChI is InChI=1S/C18H22ClN3O3/c1-12-17(13(2)25-20-12)18(23)22-8-6-21(7-9-22)11-14-10-15(19)4-5-16(14)24-3/h4-5,10H,6-9,11H2,1-3H3. The second kappa shape index (κ2) is 7.45. The predicted octanol–water partition coefficient (Wildman–Crippen LogP) is 2.91. The molecule has 2 aromatic rings. The lowest BCUT2D eigenvalue weighted by Crippen LogP contribution is -2.48. The summed E-state index contributed by atoms with van der Waals surface area (Å²) in [5.74, 6) is 1.41. The summed E-state index contributed by atoms with van der Waals surface area (Å²) in [7, 11) is 1.66. The molecule has 134 valence electrons. The molecule has 1 saturated heterocycles. The van der Waals surface area contributed by atoms with E-state index in [-0.39, 0.29) is 5.91 Å². The highest BCUT2D eigenvalue weighted by Crippen LogP contribution is 2.25. The number of piperazine rings is 1. The molecule has 0 aliphatic carbocycles. The average molecular weight is 364 g/mol. The van der Waals surface area contributed by atoms with Gasteiger partial charge in [-0.1, -0.05) is 16.8 Å². The third-order valence-electron chi connectivity index (χ3n) is 4.54. The number of aryl methyl sites for hydroxylation is 2. The van der Waals surface area contributed by atoms with Crippen LogP contribution in [0.4, 0.5) is 0 Å². The van der Waals surface area contributed by atoms with Crippen molar-refractivity contribution in [3.05, 3.63) is 45.8 Å². The number of hydrogen-bond donors (Lipinski definition) is 0. The smallest absolute Gasteiger partial charge is 0.259 e. The van der Waals surface area contributed by atoms with Crippen LogP contribution in [-0.2, 0) is 6.54 Å². The van der Waals surface area contributed by atoms with E-state index < -0.39 is 0 Å². The van der Waals surface area contributed by atoms with Crippen molar-refractivity contribution in [2.45, 2.75) is 20.4 Å². The molecule has 1 aromatic carbocycles. The lowest BCUT2D eigenvalue weighted by molar-refractivity contribution is 0.0625. The van der Waals surface area contributed by atoms with Gasteiger partial charge in [0.1, 0.15) is 17.1 Å². The number of nitrogens with zero attached hydrogens (tertiary/aromatic N) is 3. The summed E-state index contributed by atoms with van der Waals surface area (Å²) >= 11 is 6.10. The Kier molecular flexibility index (Phi) is 5.30. The van der Waals surface area contributed by atoms with Crippen LogP contribution in [0.2, 0.25) is 5.02 Å². The first-order valence-corrected chi connectivity index (χ1v) is 8.64. The number of methoxy groups -OCH3 is 1. The normalized spacial score (nSPS) is 15.4. The van der Waals surface area contributed by atoms with Gasteiger partial charge < -0.3 is 14.2 Å². The van der Waals surface area contributed by atoms with Crippen molar-refractivity contribution in [1.29, 1.82) is 0 Å². The minimum atomic E-state index is -0.00349. The van der Waals surface area contributed by atoms with Crippen LogP contribution in [0.15, 0.2) is 22.7 Å². The van der Waals surface area contributed by atoms with Crippen molar-refractivity contribution in [2.24, 2.45) is 0 Å². The highest BCUT2D eigenvalue weighted by molar-refractivity contribution is 6.30. The van der Waals surface area contributed by atoms with Gasteiger partial charge in [0.05, 0.1) is 12.8 Å². The van der Waals surface area contributed by atoms with Crippen LogP contribution in [0.25, 0.3) is 0 Å². The molecule has 0 saturated carbocycles. The van der Waals surface area contributed by atoms with Gasteiger partial charge in [-0.25, -0.2) is 0 Å². The van der Waals surface area contributed by atoms with E-state index in [0.29, 0.717) is 35.1 Å². The molecule has 0 N–H and O–H groups in total. The molecule has 1 aliphatic rings. The fourth-order valence-corrected chi connectivity index (χ4v) is 3.36. The van der Waals surface area contributed by atoms with Crippen LogP contribution in [0.5, 0.6) is 5.75 Å². The first kappa shape index (κ1) is 17.8. The lowest BCUT2D eigenvalue weighted by Gasteiger charge is -2.35. The molecule has 1 aromatic heterocycles. The van der Waals surface area contributed by atoms with E-state index in [1.807, 2.05) is 23.1 Å². The van der Waals surface area contributed by atoms with Gasteiger partial charge in [-0.05, 0) is 32.0 Å². The van der Waals surface area contributed by atoms with Crippen molar-refractivity contribution in [2.75, 3.05) is 33.3 Å². The number of carbonyl (C=O) groups is 1. The van der Waals surface area contributed by atoms with Gasteiger partial charge in [-0.3, -0.25) is 9.69 Å². The zero-order valence-corrected chi connectivity index (χ0v) is 15.5. The molecule has 0 radical (unpaired) electrons. The Hall–Kier alpha value is -2.05. The van der Waals surface area contributed by atoms with Crippen LogP contribution >= 0.6 is 11.6 Å². The molecular formula is C18H22ClN3O3. The summed E-state index contributed by atoms with van der Waals surface area (Å²) in [5, 5.41) is 4.57. The molecule has 7 heteroatoms. The summed E-state index contributed by atoms with van der Waals surface area (Å²) in [6.07, 6.45) is 0. The molecule has 3 rings (SSSR count). The predicted molar refractivity (Wildman–Crippen MR) is 95.2 cm³/mol. The maximum absolute atomic E-state index is 12.7. The van der Waals surface area contributed by atoms with E-state index in [9.17, 15) is 4.79 Å². The van der Waals surface area contributed by atoms with Gasteiger partial charge in [0.15, 0.2) is 0 Å². The van der Waals surface area contributed by atoms with Crippen LogP contribution in [0, 0.1) is 13.8 Å². The summed E-state index contributed by atoms with van der Waals surface area (Å²) in [6, 6.07) is 5.64. The Morgan fingerprint density at radius 2 is 2.00 bits per heavy atom. The summed E-state index contributed by atoms with van der Waals surface area (Å²) in [6.45, 7) is 7.25. The van der Waals surface area contributed by atoms with Crippen molar-refractivity contribution in [1.82, 2.24) is 15.0 Å². The van der Waals surface area contributed by atoms with Gasteiger partial charge >= 0.3 is 0 Å². The van der Waals surface area contributed by atoms with E-state index >= 15 is 0 Å². The van der Waals surface area contributed by atoms with Crippen LogP contribution in [0.1, 0.15) is 27.4 Å². The molecule has 1 amide bonds. The molecular weight excluding hydrogens is 342 g/mol. The SMILES string of the molecule is COc1ccc(Cl)cc1CN1CCN(C(=O)c2c(C)noc2C)CC1. The van der Waals surface area contributed by atoms with E-state index in [1.54, 1.807) is 21.0 Å². The van der Waals surface area contributed by atoms with Crippen molar-refractivity contribution >= 4 is 17.5 Å². The largest absolute Gasteiger partial charge is 0.496 e. The molecule has 1 fully saturated rings. The minimum Gasteiger partial charge on any atom is -0.496 e. The molecule has 0 bridgehead atoms. The summed E-state index contributed by atoms with van der Waals surface area (Å²) < 4.78 is 10.5. The highest BCUT2D eigenvalue weighted by atomic mass is 35.5. The second-order valence-corrected chi connectivity index (χ2v) is 6.66. The Balaban J connectivity index is 1.63. The molecule has 1 aliphatic heterocycles. The van der Waals surface area contributed by atoms with Crippen LogP contribution < -0.4 is 4.74 Å². The quantitative estimate of drug-likeness (QED) is 0.836. The topological polar surface area (TPSA) is 58.8 Å². The number of benzene rings is 1. The van der Waals surface area contributed by atoms with Crippen LogP contribution in [-0.4, -0.2) is 54.2 Å². The van der Waals surface area contributed by atoms with Gasteiger partial charge in [0.25, 0.3) is 5.91 Å². The number of hydrogen-bond acceptors (Lipinski definition) is 5. The third-order valence-corrected chi connectivity index (χ3v) is 4.78. The van der Waals surface area contributed by atoms with E-state index in [4.69, 9.17) is 20.9 Å². The lowest BCUT2D eigenvalue weighted by atomic mass is 10.1. The van der Waals surface area contributed by atoms with Gasteiger partial charge in [-0.2, -0.15) is 0 Å². The van der Waals surface area contributed by atoms with Gasteiger partial charge in [0.2, 0.25) is 0 Å². The molecule has 25 heavy (non-hydrogen) atoms. The number of ether oxygens (including phenoxy) is 1. The molecule has 2 heterocycles. The molecule has 0 spiro atoms. The van der Waals surface area contributed by atoms with E-state index in [0.717, 1.165) is 30.9 Å². The highest BCUT2D eigenvalue weighted by Gasteiger charge is 2.27. The Labute approximate surface area is 152 Å². The molecule has 6 nitrogen and oxygen atoms in total. The van der Waals surface area contributed by atoms with Crippen molar-refractivity contribution < 1.29 is 14.1 Å². The minimum absolute atomic E-state index is 0.00349. The fraction of sp³-hybridized carbons (Fsp3) is 0.444. The maximum atomic E-state index is 12.7. The van der Waals surface area contributed by atoms with Crippen LogP contribution in [0.3, 0.4) is 0 Å². The first-order valence-electron chi connectivity index (χ1n) is 8.26. The fourth-order valence-electron chi connectivity index (χ4n) is 3.17. The van der Waals surface area contributed by atoms with Crippen molar-refractivity contribution in [3.8, 4) is 5.75 Å². The second-order valence-electron chi connectivity index (χ2n) is 6.22. The first-order chi connectivity index (χ1) is 12.0. The number of aromatic nitrogens is 1. The maximum Gasteiger partial charge on any atom is 0.259 e. The Morgan fingerprint density at radius 3 is 2.60 bits per heavy atom. The zero-order chi connectivity index (χ0) is 18.0. The van der Waals surface area contributed by atoms with Gasteiger partial charge in [-0.15, -0.1) is 0 Å². The van der Waals surface area contributed by atoms with E-state index in [1.165, 1.54) is 0 Å². The summed E-state index contributed by atoms with van der Waals surface area (Å²) in [4.78, 5) is 16.8. The van der Waals surface area contributed by atoms with E-state index in [2.05, 4.69) is 10.1 Å². The Bertz CT molecular complexity index is 747. The summed E-state index contributed by atoms with van der Waals surface area (Å²) in [5.41, 5.74) is 2.29. The molecule has 0 atom stereocenters. The molecule has 0 unspecified atom stereocenters. The monoisotopic (exact) mass is 363 g/mol. The number of rotatable bonds is 4. The number of halogens is 1. The number of carbonyl (C=O) groups excluding carboxylic acids is 1. The average Bonchev–Trinajstić information content (AvgIpc) is 2.94. The number of amides is 1.